The zero-order valence-corrected chi connectivity index (χ0v) is 16.2. The van der Waals surface area contributed by atoms with Crippen molar-refractivity contribution in [2.75, 3.05) is 31.5 Å². The van der Waals surface area contributed by atoms with Gasteiger partial charge in [-0.15, -0.1) is 11.3 Å². The van der Waals surface area contributed by atoms with Crippen molar-refractivity contribution in [3.63, 3.8) is 0 Å². The Kier molecular flexibility index (Phi) is 5.06. The van der Waals surface area contributed by atoms with Gasteiger partial charge in [0.25, 0.3) is 0 Å². The molecule has 0 unspecified atom stereocenters. The van der Waals surface area contributed by atoms with Crippen LogP contribution in [0.1, 0.15) is 24.2 Å². The maximum atomic E-state index is 12.6. The average Bonchev–Trinajstić information content (AvgIpc) is 3.12. The van der Waals surface area contributed by atoms with Gasteiger partial charge in [0, 0.05) is 44.6 Å². The highest BCUT2D eigenvalue weighted by molar-refractivity contribution is 7.07. The molecule has 3 aliphatic rings. The van der Waals surface area contributed by atoms with Gasteiger partial charge in [0.2, 0.25) is 5.91 Å². The van der Waals surface area contributed by atoms with Gasteiger partial charge in [0.15, 0.2) is 0 Å². The summed E-state index contributed by atoms with van der Waals surface area (Å²) in [7, 11) is 1.88. The fourth-order valence-electron chi connectivity index (χ4n) is 4.14. The predicted octanol–water partition coefficient (Wildman–Crippen LogP) is 1.72. The van der Waals surface area contributed by atoms with Crippen molar-refractivity contribution in [3.05, 3.63) is 28.5 Å². The molecule has 2 aromatic rings. The smallest absolute Gasteiger partial charge is 0.238 e. The number of carbonyl (C=O) groups is 1. The van der Waals surface area contributed by atoms with E-state index in [0.29, 0.717) is 18.5 Å². The van der Waals surface area contributed by atoms with Crippen LogP contribution in [-0.2, 0) is 18.4 Å². The first-order valence-electron chi connectivity index (χ1n) is 9.20. The molecule has 0 radical (unpaired) electrons. The summed E-state index contributed by atoms with van der Waals surface area (Å²) in [5, 5.41) is 9.34. The topological polar surface area (TPSA) is 66.3 Å². The highest BCUT2D eigenvalue weighted by atomic mass is 32.1. The van der Waals surface area contributed by atoms with Crippen LogP contribution in [0.4, 0.5) is 5.69 Å². The molecule has 3 fully saturated rings. The largest absolute Gasteiger partial charge is 0.322 e. The molecule has 3 aliphatic heterocycles. The van der Waals surface area contributed by atoms with Crippen LogP contribution in [0.3, 0.4) is 0 Å². The molecule has 5 rings (SSSR count). The first-order chi connectivity index (χ1) is 12.6. The molecular weight excluding hydrogens is 348 g/mol. The van der Waals surface area contributed by atoms with Crippen molar-refractivity contribution < 1.29 is 4.79 Å². The Balaban J connectivity index is 1.37. The molecule has 2 bridgehead atoms. The third-order valence-corrected chi connectivity index (χ3v) is 6.26. The van der Waals surface area contributed by atoms with Crippen molar-refractivity contribution in [3.8, 4) is 0 Å². The lowest BCUT2D eigenvalue weighted by Gasteiger charge is -2.35. The van der Waals surface area contributed by atoms with Gasteiger partial charge in [0.05, 0.1) is 35.3 Å². The predicted molar refractivity (Wildman–Crippen MR) is 102 cm³/mol. The minimum atomic E-state index is 0.0553. The van der Waals surface area contributed by atoms with Crippen LogP contribution in [0.5, 0.6) is 0 Å². The normalized spacial score (nSPS) is 23.9. The number of aromatic nitrogens is 3. The van der Waals surface area contributed by atoms with Gasteiger partial charge in [-0.1, -0.05) is 0 Å². The maximum absolute atomic E-state index is 12.6. The summed E-state index contributed by atoms with van der Waals surface area (Å²) in [5.74, 6) is 0.694. The van der Waals surface area contributed by atoms with E-state index in [9.17, 15) is 4.79 Å². The number of amides is 1. The van der Waals surface area contributed by atoms with E-state index in [1.165, 1.54) is 12.8 Å². The molecule has 2 aromatic heterocycles. The molecule has 7 nitrogen and oxygen atoms in total. The molecule has 0 saturated carbocycles. The van der Waals surface area contributed by atoms with Gasteiger partial charge in [-0.25, -0.2) is 4.98 Å². The van der Waals surface area contributed by atoms with Crippen LogP contribution < -0.4 is 5.32 Å². The Morgan fingerprint density at radius 2 is 2.23 bits per heavy atom. The minimum absolute atomic E-state index is 0.0553. The second-order valence-corrected chi connectivity index (χ2v) is 8.23. The molecular formula is C18H26N6OS. The van der Waals surface area contributed by atoms with Crippen molar-refractivity contribution in [1.82, 2.24) is 24.6 Å². The van der Waals surface area contributed by atoms with Crippen LogP contribution >= 0.6 is 11.3 Å². The van der Waals surface area contributed by atoms with E-state index in [2.05, 4.69) is 30.6 Å². The lowest BCUT2D eigenvalue weighted by Crippen LogP contribution is -2.47. The van der Waals surface area contributed by atoms with Crippen LogP contribution in [-0.4, -0.2) is 62.7 Å². The van der Waals surface area contributed by atoms with Crippen LogP contribution in [0.15, 0.2) is 17.1 Å². The number of carbonyl (C=O) groups excluding carboxylic acids is 1. The second kappa shape index (κ2) is 7.46. The van der Waals surface area contributed by atoms with Gasteiger partial charge in [-0.2, -0.15) is 5.10 Å². The Labute approximate surface area is 158 Å². The van der Waals surface area contributed by atoms with Crippen LogP contribution in [0.2, 0.25) is 0 Å². The molecule has 1 N–H and O–H groups in total. The van der Waals surface area contributed by atoms with E-state index in [1.807, 2.05) is 19.5 Å². The van der Waals surface area contributed by atoms with Crippen LogP contribution in [0.25, 0.3) is 0 Å². The monoisotopic (exact) mass is 374 g/mol. The van der Waals surface area contributed by atoms with Crippen molar-refractivity contribution >= 4 is 22.9 Å². The molecule has 0 aliphatic carbocycles. The number of rotatable bonds is 5. The Morgan fingerprint density at radius 1 is 1.35 bits per heavy atom. The number of anilines is 1. The fraction of sp³-hybridized carbons (Fsp3) is 0.611. The molecule has 26 heavy (non-hydrogen) atoms. The van der Waals surface area contributed by atoms with Crippen molar-refractivity contribution in [2.45, 2.75) is 32.4 Å². The van der Waals surface area contributed by atoms with Gasteiger partial charge in [-0.05, 0) is 25.7 Å². The SMILES string of the molecule is Cc1c(NC(=O)CN2C[C@H]3CC[C@@H]2CN(Cc2cscn2)C3)cnn1C. The zero-order valence-electron chi connectivity index (χ0n) is 15.4. The lowest BCUT2D eigenvalue weighted by atomic mass is 9.95. The molecule has 0 spiro atoms. The van der Waals surface area contributed by atoms with E-state index in [-0.39, 0.29) is 5.91 Å². The van der Waals surface area contributed by atoms with Crippen LogP contribution in [0, 0.1) is 12.8 Å². The summed E-state index contributed by atoms with van der Waals surface area (Å²) < 4.78 is 1.78. The molecule has 2 atom stereocenters. The van der Waals surface area contributed by atoms with Gasteiger partial charge >= 0.3 is 0 Å². The molecule has 8 heteroatoms. The van der Waals surface area contributed by atoms with E-state index < -0.39 is 0 Å². The van der Waals surface area contributed by atoms with E-state index in [1.54, 1.807) is 22.2 Å². The number of thiazole rings is 1. The first kappa shape index (κ1) is 17.6. The first-order valence-corrected chi connectivity index (χ1v) is 10.1. The fourth-order valence-corrected chi connectivity index (χ4v) is 4.69. The Hall–Kier alpha value is -1.77. The van der Waals surface area contributed by atoms with E-state index >= 15 is 0 Å². The number of aryl methyl sites for hydroxylation is 1. The summed E-state index contributed by atoms with van der Waals surface area (Å²) in [6, 6.07) is 0.452. The van der Waals surface area contributed by atoms with Gasteiger partial charge < -0.3 is 5.32 Å². The summed E-state index contributed by atoms with van der Waals surface area (Å²) in [5.41, 5.74) is 4.85. The molecule has 1 amide bonds. The van der Waals surface area contributed by atoms with Gasteiger partial charge in [0.1, 0.15) is 0 Å². The Morgan fingerprint density at radius 3 is 2.96 bits per heavy atom. The number of fused-ring (bicyclic) bond motifs is 4. The zero-order chi connectivity index (χ0) is 18.1. The highest BCUT2D eigenvalue weighted by Crippen LogP contribution is 2.28. The third kappa shape index (κ3) is 3.82. The summed E-state index contributed by atoms with van der Waals surface area (Å²) in [6.07, 6.45) is 4.16. The number of nitrogens with zero attached hydrogens (tertiary/aromatic N) is 5. The van der Waals surface area contributed by atoms with Gasteiger partial charge in [-0.3, -0.25) is 19.3 Å². The minimum Gasteiger partial charge on any atom is -0.322 e. The standard InChI is InChI=1S/C18H26N6OS/c1-13-17(5-20-22(13)2)21-18(25)10-24-7-14-3-4-16(24)9-23(6-14)8-15-11-26-12-19-15/h5,11-12,14,16H,3-4,6-10H2,1-2H3,(H,21,25)/t14-,16+/m0/s1. The van der Waals surface area contributed by atoms with E-state index in [4.69, 9.17) is 0 Å². The number of nitrogens with one attached hydrogen (secondary N) is 1. The highest BCUT2D eigenvalue weighted by Gasteiger charge is 2.35. The number of hydrogen-bond acceptors (Lipinski definition) is 6. The average molecular weight is 375 g/mol. The lowest BCUT2D eigenvalue weighted by molar-refractivity contribution is -0.118. The molecule has 5 heterocycles. The molecule has 0 aromatic carbocycles. The quantitative estimate of drug-likeness (QED) is 0.863. The van der Waals surface area contributed by atoms with E-state index in [0.717, 1.165) is 43.3 Å². The number of hydrogen-bond donors (Lipinski definition) is 1. The summed E-state index contributed by atoms with van der Waals surface area (Å²) in [4.78, 5) is 21.9. The van der Waals surface area contributed by atoms with Crippen molar-refractivity contribution in [1.29, 1.82) is 0 Å². The summed E-state index contributed by atoms with van der Waals surface area (Å²) >= 11 is 1.66. The molecule has 140 valence electrons. The third-order valence-electron chi connectivity index (χ3n) is 5.63. The Bertz CT molecular complexity index is 758. The summed E-state index contributed by atoms with van der Waals surface area (Å²) in [6.45, 7) is 6.48. The van der Waals surface area contributed by atoms with Crippen molar-refractivity contribution in [2.24, 2.45) is 13.0 Å². The second-order valence-electron chi connectivity index (χ2n) is 7.52. The maximum Gasteiger partial charge on any atom is 0.238 e. The number of piperidine rings is 1. The molecule has 3 saturated heterocycles.